The Hall–Kier alpha value is -1.13. The number of aliphatic hydroxyl groups excluding tert-OH is 1. The van der Waals surface area contributed by atoms with Crippen LogP contribution in [-0.4, -0.2) is 31.4 Å². The Kier molecular flexibility index (Phi) is 5.56. The van der Waals surface area contributed by atoms with Crippen LogP contribution < -0.4 is 4.90 Å². The molecule has 4 heteroatoms. The van der Waals surface area contributed by atoms with Crippen LogP contribution in [0.15, 0.2) is 18.2 Å². The molecule has 0 saturated carbocycles. The molecule has 1 aromatic carbocycles. The minimum absolute atomic E-state index is 0.197. The van der Waals surface area contributed by atoms with E-state index in [9.17, 15) is 9.50 Å². The second-order valence-electron chi connectivity index (χ2n) is 4.72. The van der Waals surface area contributed by atoms with Crippen molar-refractivity contribution >= 4 is 5.69 Å². The maximum Gasteiger partial charge on any atom is 0.123 e. The minimum Gasteiger partial charge on any atom is -0.389 e. The van der Waals surface area contributed by atoms with E-state index in [1.165, 1.54) is 12.1 Å². The van der Waals surface area contributed by atoms with Gasteiger partial charge in [0.1, 0.15) is 5.82 Å². The monoisotopic (exact) mass is 255 g/mol. The smallest absolute Gasteiger partial charge is 0.123 e. The largest absolute Gasteiger partial charge is 0.389 e. The first kappa shape index (κ1) is 14.9. The van der Waals surface area contributed by atoms with Gasteiger partial charge in [-0.05, 0) is 39.0 Å². The summed E-state index contributed by atoms with van der Waals surface area (Å²) in [7, 11) is 1.91. The molecule has 1 aromatic rings. The van der Waals surface area contributed by atoms with Gasteiger partial charge in [-0.3, -0.25) is 0 Å². The zero-order valence-electron chi connectivity index (χ0n) is 11.5. The quantitative estimate of drug-likeness (QED) is 0.848. The van der Waals surface area contributed by atoms with Gasteiger partial charge in [0.25, 0.3) is 0 Å². The topological polar surface area (TPSA) is 32.7 Å². The molecule has 0 bridgehead atoms. The molecule has 0 aromatic heterocycles. The standard InChI is InChI=1S/C14H22FNO2/c1-10(2)18-8-7-16(4)14-6-5-12(15)9-13(14)11(3)17/h5-6,9-11,17H,7-8H2,1-4H3/t11-/m0/s1. The molecule has 0 unspecified atom stereocenters. The number of halogens is 1. The number of rotatable bonds is 6. The number of hydrogen-bond acceptors (Lipinski definition) is 3. The first-order valence-corrected chi connectivity index (χ1v) is 6.22. The summed E-state index contributed by atoms with van der Waals surface area (Å²) in [6.07, 6.45) is -0.493. The van der Waals surface area contributed by atoms with Gasteiger partial charge in [-0.25, -0.2) is 4.39 Å². The molecule has 0 saturated heterocycles. The SMILES string of the molecule is CC(C)OCCN(C)c1ccc(F)cc1[C@H](C)O. The summed E-state index contributed by atoms with van der Waals surface area (Å²) in [5.41, 5.74) is 1.43. The minimum atomic E-state index is -0.691. The summed E-state index contributed by atoms with van der Waals surface area (Å²) in [5.74, 6) is -0.332. The molecule has 0 spiro atoms. The van der Waals surface area contributed by atoms with Gasteiger partial charge in [0.2, 0.25) is 0 Å². The van der Waals surface area contributed by atoms with Crippen LogP contribution in [-0.2, 0) is 4.74 Å². The Morgan fingerprint density at radius 3 is 2.56 bits per heavy atom. The molecule has 0 heterocycles. The average Bonchev–Trinajstić information content (AvgIpc) is 2.28. The van der Waals surface area contributed by atoms with Gasteiger partial charge in [-0.1, -0.05) is 0 Å². The maximum atomic E-state index is 13.2. The van der Waals surface area contributed by atoms with Gasteiger partial charge >= 0.3 is 0 Å². The van der Waals surface area contributed by atoms with Crippen molar-refractivity contribution in [3.05, 3.63) is 29.6 Å². The van der Waals surface area contributed by atoms with Crippen LogP contribution in [0.2, 0.25) is 0 Å². The molecule has 1 N–H and O–H groups in total. The predicted molar refractivity (Wildman–Crippen MR) is 71.4 cm³/mol. The number of nitrogens with zero attached hydrogens (tertiary/aromatic N) is 1. The Bertz CT molecular complexity index is 380. The summed E-state index contributed by atoms with van der Waals surface area (Å²) in [4.78, 5) is 1.96. The molecule has 0 fully saturated rings. The lowest BCUT2D eigenvalue weighted by atomic mass is 10.1. The van der Waals surface area contributed by atoms with Gasteiger partial charge < -0.3 is 14.7 Å². The lowest BCUT2D eigenvalue weighted by Gasteiger charge is -2.24. The van der Waals surface area contributed by atoms with E-state index in [1.807, 2.05) is 25.8 Å². The van der Waals surface area contributed by atoms with E-state index in [0.717, 1.165) is 5.69 Å². The van der Waals surface area contributed by atoms with E-state index >= 15 is 0 Å². The van der Waals surface area contributed by atoms with E-state index in [4.69, 9.17) is 4.74 Å². The molecular weight excluding hydrogens is 233 g/mol. The highest BCUT2D eigenvalue weighted by Crippen LogP contribution is 2.26. The number of likely N-dealkylation sites (N-methyl/N-ethyl adjacent to an activating group) is 1. The molecule has 18 heavy (non-hydrogen) atoms. The fourth-order valence-electron chi connectivity index (χ4n) is 1.75. The van der Waals surface area contributed by atoms with Gasteiger partial charge in [0.15, 0.2) is 0 Å². The Labute approximate surface area is 108 Å². The first-order valence-electron chi connectivity index (χ1n) is 6.22. The zero-order chi connectivity index (χ0) is 13.7. The predicted octanol–water partition coefficient (Wildman–Crippen LogP) is 2.74. The summed E-state index contributed by atoms with van der Waals surface area (Å²) in [6, 6.07) is 4.47. The third-order valence-electron chi connectivity index (χ3n) is 2.73. The molecule has 1 atom stereocenters. The van der Waals surface area contributed by atoms with E-state index in [2.05, 4.69) is 0 Å². The van der Waals surface area contributed by atoms with Crippen molar-refractivity contribution < 1.29 is 14.2 Å². The average molecular weight is 255 g/mol. The fourth-order valence-corrected chi connectivity index (χ4v) is 1.75. The highest BCUT2D eigenvalue weighted by molar-refractivity contribution is 5.54. The number of hydrogen-bond donors (Lipinski definition) is 1. The summed E-state index contributed by atoms with van der Waals surface area (Å²) >= 11 is 0. The van der Waals surface area contributed by atoms with Crippen molar-refractivity contribution in [3.63, 3.8) is 0 Å². The Morgan fingerprint density at radius 1 is 1.33 bits per heavy atom. The van der Waals surface area contributed by atoms with Gasteiger partial charge in [0.05, 0.1) is 18.8 Å². The number of ether oxygens (including phenoxy) is 1. The molecule has 0 amide bonds. The normalized spacial score (nSPS) is 12.8. The van der Waals surface area contributed by atoms with E-state index in [-0.39, 0.29) is 11.9 Å². The third kappa shape index (κ3) is 4.27. The highest BCUT2D eigenvalue weighted by Gasteiger charge is 2.12. The molecule has 0 radical (unpaired) electrons. The lowest BCUT2D eigenvalue weighted by molar-refractivity contribution is 0.0845. The van der Waals surface area contributed by atoms with Crippen LogP contribution in [0.1, 0.15) is 32.4 Å². The third-order valence-corrected chi connectivity index (χ3v) is 2.73. The van der Waals surface area contributed by atoms with Gasteiger partial charge in [0, 0.05) is 24.8 Å². The Morgan fingerprint density at radius 2 is 2.00 bits per heavy atom. The zero-order valence-corrected chi connectivity index (χ0v) is 11.5. The van der Waals surface area contributed by atoms with Crippen LogP contribution in [0.25, 0.3) is 0 Å². The number of benzene rings is 1. The molecule has 3 nitrogen and oxygen atoms in total. The van der Waals surface area contributed by atoms with Crippen molar-refractivity contribution in [3.8, 4) is 0 Å². The van der Waals surface area contributed by atoms with Crippen molar-refractivity contribution in [2.24, 2.45) is 0 Å². The number of aliphatic hydroxyl groups is 1. The van der Waals surface area contributed by atoms with Gasteiger partial charge in [-0.2, -0.15) is 0 Å². The van der Waals surface area contributed by atoms with Crippen molar-refractivity contribution in [2.75, 3.05) is 25.1 Å². The van der Waals surface area contributed by atoms with Crippen molar-refractivity contribution in [1.82, 2.24) is 0 Å². The Balaban J connectivity index is 2.75. The molecule has 0 aliphatic heterocycles. The van der Waals surface area contributed by atoms with E-state index in [1.54, 1.807) is 13.0 Å². The van der Waals surface area contributed by atoms with Crippen molar-refractivity contribution in [1.29, 1.82) is 0 Å². The second kappa shape index (κ2) is 6.71. The highest BCUT2D eigenvalue weighted by atomic mass is 19.1. The van der Waals surface area contributed by atoms with Crippen LogP contribution in [0, 0.1) is 5.82 Å². The maximum absolute atomic E-state index is 13.2. The van der Waals surface area contributed by atoms with E-state index in [0.29, 0.717) is 18.7 Å². The van der Waals surface area contributed by atoms with Crippen molar-refractivity contribution in [2.45, 2.75) is 33.0 Å². The van der Waals surface area contributed by atoms with Crippen LogP contribution in [0.3, 0.4) is 0 Å². The molecule has 1 rings (SSSR count). The second-order valence-corrected chi connectivity index (χ2v) is 4.72. The summed E-state index contributed by atoms with van der Waals surface area (Å²) in [6.45, 7) is 6.91. The van der Waals surface area contributed by atoms with Crippen LogP contribution in [0.5, 0.6) is 0 Å². The molecule has 102 valence electrons. The lowest BCUT2D eigenvalue weighted by Crippen LogP contribution is -2.25. The van der Waals surface area contributed by atoms with Crippen LogP contribution in [0.4, 0.5) is 10.1 Å². The summed E-state index contributed by atoms with van der Waals surface area (Å²) in [5, 5.41) is 9.67. The summed E-state index contributed by atoms with van der Waals surface area (Å²) < 4.78 is 18.7. The number of anilines is 1. The fraction of sp³-hybridized carbons (Fsp3) is 0.571. The molecule has 0 aliphatic rings. The van der Waals surface area contributed by atoms with Crippen LogP contribution >= 0.6 is 0 Å². The van der Waals surface area contributed by atoms with Gasteiger partial charge in [-0.15, -0.1) is 0 Å². The molecular formula is C14H22FNO2. The molecule has 0 aliphatic carbocycles. The van der Waals surface area contributed by atoms with E-state index < -0.39 is 6.10 Å². The first-order chi connectivity index (χ1) is 8.41.